The predicted molar refractivity (Wildman–Crippen MR) is 60.6 cm³/mol. The predicted octanol–water partition coefficient (Wildman–Crippen LogP) is 2.04. The van der Waals surface area contributed by atoms with Gasteiger partial charge >= 0.3 is 0 Å². The van der Waals surface area contributed by atoms with Crippen LogP contribution in [0.15, 0.2) is 36.7 Å². The highest BCUT2D eigenvalue weighted by molar-refractivity contribution is 5.33. The fourth-order valence-corrected chi connectivity index (χ4v) is 1.62. The largest absolute Gasteiger partial charge is 0.392 e. The lowest BCUT2D eigenvalue weighted by Crippen LogP contribution is -1.99. The van der Waals surface area contributed by atoms with E-state index in [1.807, 2.05) is 6.07 Å². The van der Waals surface area contributed by atoms with Crippen molar-refractivity contribution in [1.29, 1.82) is 5.26 Å². The van der Waals surface area contributed by atoms with Crippen LogP contribution in [-0.4, -0.2) is 9.67 Å². The Labute approximate surface area is 98.4 Å². The average Bonchev–Trinajstić information content (AvgIpc) is 2.79. The van der Waals surface area contributed by atoms with E-state index in [2.05, 4.69) is 0 Å². The molecule has 1 aromatic heterocycles. The lowest BCUT2D eigenvalue weighted by molar-refractivity contribution is 0.282. The maximum Gasteiger partial charge on any atom is 0.129 e. The zero-order chi connectivity index (χ0) is 12.3. The second-order valence-corrected chi connectivity index (χ2v) is 3.77. The summed E-state index contributed by atoms with van der Waals surface area (Å²) in [6.45, 7) is 0.362. The molecule has 2 rings (SSSR count). The molecule has 0 saturated carbocycles. The topological polar surface area (TPSA) is 49.0 Å². The first-order valence-electron chi connectivity index (χ1n) is 5.17. The summed E-state index contributed by atoms with van der Waals surface area (Å²) in [6.07, 6.45) is 3.54. The Kier molecular flexibility index (Phi) is 3.22. The van der Waals surface area contributed by atoms with Crippen LogP contribution < -0.4 is 0 Å². The summed E-state index contributed by atoms with van der Waals surface area (Å²) in [5.41, 5.74) is 1.62. The van der Waals surface area contributed by atoms with E-state index in [0.717, 1.165) is 5.56 Å². The highest BCUT2D eigenvalue weighted by Gasteiger charge is 2.04. The number of aliphatic hydroxyl groups excluding tert-OH is 1. The molecule has 0 aliphatic rings. The number of hydrogen-bond donors (Lipinski definition) is 1. The zero-order valence-electron chi connectivity index (χ0n) is 9.10. The number of rotatable bonds is 3. The van der Waals surface area contributed by atoms with Crippen LogP contribution in [0, 0.1) is 17.1 Å². The fourth-order valence-electron chi connectivity index (χ4n) is 1.62. The fraction of sp³-hybridized carbons (Fsp3) is 0.154. The monoisotopic (exact) mass is 230 g/mol. The van der Waals surface area contributed by atoms with E-state index in [4.69, 9.17) is 10.4 Å². The van der Waals surface area contributed by atoms with E-state index < -0.39 is 0 Å². The highest BCUT2D eigenvalue weighted by atomic mass is 19.1. The molecule has 0 aliphatic carbocycles. The van der Waals surface area contributed by atoms with E-state index >= 15 is 0 Å². The van der Waals surface area contributed by atoms with Crippen LogP contribution in [0.4, 0.5) is 4.39 Å². The summed E-state index contributed by atoms with van der Waals surface area (Å²) in [5, 5.41) is 17.5. The molecule has 86 valence electrons. The van der Waals surface area contributed by atoms with Gasteiger partial charge in [0.05, 0.1) is 18.2 Å². The summed E-state index contributed by atoms with van der Waals surface area (Å²) >= 11 is 0. The second-order valence-electron chi connectivity index (χ2n) is 3.77. The molecule has 1 aromatic carbocycles. The molecule has 0 bridgehead atoms. The first-order valence-corrected chi connectivity index (χ1v) is 5.17. The van der Waals surface area contributed by atoms with Gasteiger partial charge in [0.1, 0.15) is 5.82 Å². The van der Waals surface area contributed by atoms with Gasteiger partial charge in [-0.2, -0.15) is 5.26 Å². The van der Waals surface area contributed by atoms with Crippen LogP contribution in [0.5, 0.6) is 0 Å². The number of nitrogens with zero attached hydrogens (tertiary/aromatic N) is 2. The van der Waals surface area contributed by atoms with E-state index in [0.29, 0.717) is 17.7 Å². The molecule has 0 atom stereocenters. The first-order chi connectivity index (χ1) is 8.22. The maximum absolute atomic E-state index is 13.6. The molecule has 1 N–H and O–H groups in total. The summed E-state index contributed by atoms with van der Waals surface area (Å²) < 4.78 is 15.4. The Balaban J connectivity index is 2.21. The quantitative estimate of drug-likeness (QED) is 0.877. The summed E-state index contributed by atoms with van der Waals surface area (Å²) in [4.78, 5) is 0. The van der Waals surface area contributed by atoms with Crippen LogP contribution in [0.1, 0.15) is 16.7 Å². The second kappa shape index (κ2) is 4.81. The third-order valence-electron chi connectivity index (χ3n) is 2.53. The van der Waals surface area contributed by atoms with Crippen molar-refractivity contribution >= 4 is 0 Å². The van der Waals surface area contributed by atoms with E-state index in [1.54, 1.807) is 35.2 Å². The molecule has 17 heavy (non-hydrogen) atoms. The average molecular weight is 230 g/mol. The van der Waals surface area contributed by atoms with Crippen molar-refractivity contribution in [3.63, 3.8) is 0 Å². The van der Waals surface area contributed by atoms with Gasteiger partial charge in [0.15, 0.2) is 0 Å². The van der Waals surface area contributed by atoms with Gasteiger partial charge in [-0.25, -0.2) is 4.39 Å². The number of benzene rings is 1. The Morgan fingerprint density at radius 2 is 2.18 bits per heavy atom. The number of halogens is 1. The van der Waals surface area contributed by atoms with Crippen molar-refractivity contribution in [2.45, 2.75) is 13.2 Å². The summed E-state index contributed by atoms with van der Waals surface area (Å²) in [6, 6.07) is 8.10. The summed E-state index contributed by atoms with van der Waals surface area (Å²) in [5.74, 6) is -0.386. The Bertz CT molecular complexity index is 569. The third-order valence-corrected chi connectivity index (χ3v) is 2.53. The molecular formula is C13H11FN2O. The molecular weight excluding hydrogens is 219 g/mol. The summed E-state index contributed by atoms with van der Waals surface area (Å²) in [7, 11) is 0. The third kappa shape index (κ3) is 2.52. The number of nitriles is 1. The van der Waals surface area contributed by atoms with Crippen molar-refractivity contribution < 1.29 is 9.50 Å². The van der Waals surface area contributed by atoms with Crippen LogP contribution >= 0.6 is 0 Å². The van der Waals surface area contributed by atoms with E-state index in [1.165, 1.54) is 6.07 Å². The van der Waals surface area contributed by atoms with Gasteiger partial charge in [-0.3, -0.25) is 0 Å². The van der Waals surface area contributed by atoms with Gasteiger partial charge in [-0.15, -0.1) is 0 Å². The van der Waals surface area contributed by atoms with Gasteiger partial charge in [0.2, 0.25) is 0 Å². The van der Waals surface area contributed by atoms with Crippen molar-refractivity contribution in [2.75, 3.05) is 0 Å². The van der Waals surface area contributed by atoms with Crippen LogP contribution in [0.25, 0.3) is 0 Å². The first kappa shape index (κ1) is 11.4. The minimum Gasteiger partial charge on any atom is -0.392 e. The smallest absolute Gasteiger partial charge is 0.129 e. The zero-order valence-corrected chi connectivity index (χ0v) is 9.10. The van der Waals surface area contributed by atoms with Crippen molar-refractivity contribution in [2.24, 2.45) is 0 Å². The van der Waals surface area contributed by atoms with E-state index in [9.17, 15) is 4.39 Å². The lowest BCUT2D eigenvalue weighted by atomic mass is 10.1. The van der Waals surface area contributed by atoms with Crippen molar-refractivity contribution in [3.05, 3.63) is 59.2 Å². The molecule has 0 radical (unpaired) electrons. The minimum absolute atomic E-state index is 0.0249. The Morgan fingerprint density at radius 1 is 1.35 bits per heavy atom. The van der Waals surface area contributed by atoms with Gasteiger partial charge in [-0.05, 0) is 23.8 Å². The van der Waals surface area contributed by atoms with Crippen molar-refractivity contribution in [1.82, 2.24) is 4.57 Å². The molecule has 0 amide bonds. The molecule has 0 aliphatic heterocycles. The minimum atomic E-state index is -0.386. The van der Waals surface area contributed by atoms with Crippen LogP contribution in [-0.2, 0) is 13.2 Å². The van der Waals surface area contributed by atoms with Gasteiger partial charge in [-0.1, -0.05) is 6.07 Å². The van der Waals surface area contributed by atoms with E-state index in [-0.39, 0.29) is 12.4 Å². The molecule has 0 saturated heterocycles. The molecule has 4 heteroatoms. The van der Waals surface area contributed by atoms with Crippen LogP contribution in [0.2, 0.25) is 0 Å². The molecule has 2 aromatic rings. The number of hydrogen-bond acceptors (Lipinski definition) is 2. The SMILES string of the molecule is N#Cc1ccc(Cn2ccc(CO)c2)c(F)c1. The van der Waals surface area contributed by atoms with Gasteiger partial charge < -0.3 is 9.67 Å². The normalized spacial score (nSPS) is 10.2. The molecule has 0 spiro atoms. The molecule has 0 fully saturated rings. The molecule has 3 nitrogen and oxygen atoms in total. The Morgan fingerprint density at radius 3 is 2.76 bits per heavy atom. The standard InChI is InChI=1S/C13H11FN2O/c14-13-5-10(6-15)1-2-12(13)8-16-4-3-11(7-16)9-17/h1-5,7,17H,8-9H2. The number of aromatic nitrogens is 1. The lowest BCUT2D eigenvalue weighted by Gasteiger charge is -2.04. The van der Waals surface area contributed by atoms with Gasteiger partial charge in [0.25, 0.3) is 0 Å². The van der Waals surface area contributed by atoms with Crippen molar-refractivity contribution in [3.8, 4) is 6.07 Å². The molecule has 1 heterocycles. The number of aliphatic hydroxyl groups is 1. The highest BCUT2D eigenvalue weighted by Crippen LogP contribution is 2.12. The maximum atomic E-state index is 13.6. The Hall–Kier alpha value is -2.12. The van der Waals surface area contributed by atoms with Gasteiger partial charge in [0, 0.05) is 24.5 Å². The van der Waals surface area contributed by atoms with Crippen LogP contribution in [0.3, 0.4) is 0 Å². The molecule has 0 unspecified atom stereocenters.